The third kappa shape index (κ3) is 6.87. The maximum Gasteiger partial charge on any atom is 0.416 e. The molecule has 2 amide bonds. The molecule has 1 aliphatic rings. The molecule has 0 bridgehead atoms. The predicted octanol–water partition coefficient (Wildman–Crippen LogP) is 6.67. The number of allylic oxidation sites excluding steroid dienone is 2. The van der Waals surface area contributed by atoms with Gasteiger partial charge in [0.2, 0.25) is 5.91 Å². The number of nitrogens with one attached hydrogen (secondary N) is 3. The van der Waals surface area contributed by atoms with Crippen LogP contribution < -0.4 is 20.7 Å². The number of amides is 2. The van der Waals surface area contributed by atoms with E-state index in [1.807, 2.05) is 0 Å². The molecule has 0 saturated carbocycles. The van der Waals surface area contributed by atoms with Crippen LogP contribution >= 0.6 is 23.4 Å². The molecule has 1 unspecified atom stereocenters. The lowest BCUT2D eigenvalue weighted by atomic mass is 9.85. The first kappa shape index (κ1) is 29.6. The van der Waals surface area contributed by atoms with Crippen molar-refractivity contribution in [1.29, 1.82) is 5.26 Å². The van der Waals surface area contributed by atoms with E-state index in [0.717, 1.165) is 23.9 Å². The van der Waals surface area contributed by atoms with Crippen LogP contribution in [0.25, 0.3) is 0 Å². The second-order valence-electron chi connectivity index (χ2n) is 8.68. The van der Waals surface area contributed by atoms with Crippen LogP contribution in [0.1, 0.15) is 24.2 Å². The molecule has 0 aliphatic carbocycles. The minimum Gasteiger partial charge on any atom is -0.495 e. The number of furan rings is 1. The van der Waals surface area contributed by atoms with Crippen molar-refractivity contribution in [3.05, 3.63) is 99.1 Å². The van der Waals surface area contributed by atoms with Gasteiger partial charge >= 0.3 is 6.18 Å². The number of methoxy groups -OCH3 is 1. The van der Waals surface area contributed by atoms with Gasteiger partial charge in [0.1, 0.15) is 11.5 Å². The van der Waals surface area contributed by atoms with Crippen molar-refractivity contribution in [3.8, 4) is 11.8 Å². The highest BCUT2D eigenvalue weighted by Crippen LogP contribution is 2.41. The summed E-state index contributed by atoms with van der Waals surface area (Å²) in [6.45, 7) is 1.59. The molecule has 3 N–H and O–H groups in total. The minimum absolute atomic E-state index is 0.0703. The Morgan fingerprint density at radius 1 is 1.17 bits per heavy atom. The Bertz CT molecular complexity index is 1580. The molecule has 0 radical (unpaired) electrons. The fourth-order valence-electron chi connectivity index (χ4n) is 4.14. The van der Waals surface area contributed by atoms with E-state index in [0.29, 0.717) is 27.2 Å². The van der Waals surface area contributed by atoms with Gasteiger partial charge in [-0.05, 0) is 55.5 Å². The summed E-state index contributed by atoms with van der Waals surface area (Å²) in [5.74, 6) is -1.56. The number of dihydropyridines is 1. The van der Waals surface area contributed by atoms with Gasteiger partial charge in [-0.15, -0.1) is 0 Å². The van der Waals surface area contributed by atoms with Crippen LogP contribution in [0.3, 0.4) is 0 Å². The summed E-state index contributed by atoms with van der Waals surface area (Å²) < 4.78 is 50.4. The number of halogens is 4. The van der Waals surface area contributed by atoms with Gasteiger partial charge in [0.15, 0.2) is 0 Å². The number of nitrogens with zero attached hydrogens (tertiary/aromatic N) is 1. The zero-order valence-electron chi connectivity index (χ0n) is 21.6. The van der Waals surface area contributed by atoms with E-state index in [9.17, 15) is 28.0 Å². The molecular weight excluding hydrogens is 581 g/mol. The van der Waals surface area contributed by atoms with Crippen molar-refractivity contribution in [3.63, 3.8) is 0 Å². The fraction of sp³-hybridized carbons (Fsp3) is 0.179. The van der Waals surface area contributed by atoms with E-state index in [4.69, 9.17) is 20.8 Å². The van der Waals surface area contributed by atoms with Crippen LogP contribution in [0.15, 0.2) is 87.1 Å². The molecular formula is C28H22ClF3N4O4S. The lowest BCUT2D eigenvalue weighted by Gasteiger charge is -2.28. The van der Waals surface area contributed by atoms with Gasteiger partial charge in [0.05, 0.1) is 58.5 Å². The van der Waals surface area contributed by atoms with Crippen molar-refractivity contribution in [2.24, 2.45) is 0 Å². The maximum absolute atomic E-state index is 13.4. The average Bonchev–Trinajstić information content (AvgIpc) is 3.46. The monoisotopic (exact) mass is 602 g/mol. The lowest BCUT2D eigenvalue weighted by Crippen LogP contribution is -2.31. The van der Waals surface area contributed by atoms with Gasteiger partial charge < -0.3 is 25.1 Å². The van der Waals surface area contributed by atoms with Crippen molar-refractivity contribution in [1.82, 2.24) is 5.32 Å². The standard InChI is InChI=1S/C28H22ClF3N4O4S/c1-15-24(26(38)35-18-6-3-5-16(11-18)28(30,31)32)25(22-7-4-10-40-22)19(13-33)27(34-15)41-14-23(37)36-20-12-17(29)8-9-21(20)39-2/h3-12,25,34H,14H2,1-2H3,(H,35,38)(H,36,37). The van der Waals surface area contributed by atoms with Crippen LogP contribution in [-0.2, 0) is 15.8 Å². The predicted molar refractivity (Wildman–Crippen MR) is 149 cm³/mol. The van der Waals surface area contributed by atoms with Gasteiger partial charge in [-0.25, -0.2) is 0 Å². The highest BCUT2D eigenvalue weighted by atomic mass is 35.5. The van der Waals surface area contributed by atoms with Crippen LogP contribution in [0, 0.1) is 11.3 Å². The van der Waals surface area contributed by atoms with Gasteiger partial charge in [0.25, 0.3) is 5.91 Å². The number of thioether (sulfide) groups is 1. The van der Waals surface area contributed by atoms with E-state index in [-0.39, 0.29) is 28.3 Å². The Balaban J connectivity index is 1.59. The molecule has 41 heavy (non-hydrogen) atoms. The molecule has 0 spiro atoms. The summed E-state index contributed by atoms with van der Waals surface area (Å²) in [6, 6.07) is 14.3. The van der Waals surface area contributed by atoms with Crippen molar-refractivity contribution >= 4 is 46.6 Å². The Kier molecular flexibility index (Phi) is 9.00. The number of anilines is 2. The maximum atomic E-state index is 13.4. The van der Waals surface area contributed by atoms with Gasteiger partial charge in [-0.1, -0.05) is 29.4 Å². The quantitative estimate of drug-likeness (QED) is 0.264. The number of carbonyl (C=O) groups excluding carboxylic acids is 2. The molecule has 0 fully saturated rings. The molecule has 1 aliphatic heterocycles. The van der Waals surface area contributed by atoms with E-state index >= 15 is 0 Å². The van der Waals surface area contributed by atoms with Crippen molar-refractivity contribution < 1.29 is 31.9 Å². The second kappa shape index (κ2) is 12.4. The summed E-state index contributed by atoms with van der Waals surface area (Å²) in [4.78, 5) is 26.2. The highest BCUT2D eigenvalue weighted by Gasteiger charge is 2.37. The minimum atomic E-state index is -4.59. The Labute approximate surface area is 242 Å². The average molecular weight is 603 g/mol. The largest absolute Gasteiger partial charge is 0.495 e. The molecule has 1 atom stereocenters. The number of benzene rings is 2. The fourth-order valence-corrected chi connectivity index (χ4v) is 5.21. The number of hydrogen-bond donors (Lipinski definition) is 3. The first-order valence-electron chi connectivity index (χ1n) is 11.9. The van der Waals surface area contributed by atoms with Crippen LogP contribution in [0.5, 0.6) is 5.75 Å². The van der Waals surface area contributed by atoms with Crippen molar-refractivity contribution in [2.45, 2.75) is 19.0 Å². The highest BCUT2D eigenvalue weighted by molar-refractivity contribution is 8.03. The summed E-state index contributed by atoms with van der Waals surface area (Å²) >= 11 is 7.06. The first-order chi connectivity index (χ1) is 19.5. The third-order valence-electron chi connectivity index (χ3n) is 5.95. The number of alkyl halides is 3. The molecule has 0 saturated heterocycles. The zero-order chi connectivity index (χ0) is 29.7. The summed E-state index contributed by atoms with van der Waals surface area (Å²) in [6.07, 6.45) is -3.21. The number of hydrogen-bond acceptors (Lipinski definition) is 7. The molecule has 4 rings (SSSR count). The smallest absolute Gasteiger partial charge is 0.416 e. The molecule has 13 heteroatoms. The van der Waals surface area contributed by atoms with Gasteiger partial charge in [-0.2, -0.15) is 18.4 Å². The molecule has 2 aromatic carbocycles. The Morgan fingerprint density at radius 3 is 2.61 bits per heavy atom. The lowest BCUT2D eigenvalue weighted by molar-refractivity contribution is -0.137. The Hall–Kier alpha value is -4.34. The summed E-state index contributed by atoms with van der Waals surface area (Å²) in [5, 5.41) is 19.0. The van der Waals surface area contributed by atoms with Crippen LogP contribution in [-0.4, -0.2) is 24.7 Å². The van der Waals surface area contributed by atoms with E-state index in [2.05, 4.69) is 22.0 Å². The Morgan fingerprint density at radius 2 is 1.95 bits per heavy atom. The molecule has 3 aromatic rings. The third-order valence-corrected chi connectivity index (χ3v) is 7.20. The van der Waals surface area contributed by atoms with Crippen LogP contribution in [0.4, 0.5) is 24.5 Å². The van der Waals surface area contributed by atoms with Crippen LogP contribution in [0.2, 0.25) is 5.02 Å². The van der Waals surface area contributed by atoms with E-state index in [1.165, 1.54) is 31.6 Å². The topological polar surface area (TPSA) is 116 Å². The molecule has 2 heterocycles. The normalized spacial score (nSPS) is 15.2. The van der Waals surface area contributed by atoms with Crippen molar-refractivity contribution in [2.75, 3.05) is 23.5 Å². The van der Waals surface area contributed by atoms with Gasteiger partial charge in [0, 0.05) is 16.4 Å². The number of carbonyl (C=O) groups is 2. The van der Waals surface area contributed by atoms with E-state index in [1.54, 1.807) is 31.2 Å². The SMILES string of the molecule is COc1ccc(Cl)cc1NC(=O)CSC1=C(C#N)C(c2ccco2)C(C(=O)Nc2cccc(C(F)(F)F)c2)=C(C)N1. The molecule has 212 valence electrons. The zero-order valence-corrected chi connectivity index (χ0v) is 23.1. The second-order valence-corrected chi connectivity index (χ2v) is 10.1. The number of nitriles is 1. The molecule has 8 nitrogen and oxygen atoms in total. The first-order valence-corrected chi connectivity index (χ1v) is 13.3. The number of ether oxygens (including phenoxy) is 1. The summed E-state index contributed by atoms with van der Waals surface area (Å²) in [7, 11) is 1.45. The molecule has 1 aromatic heterocycles. The van der Waals surface area contributed by atoms with E-state index < -0.39 is 29.5 Å². The summed E-state index contributed by atoms with van der Waals surface area (Å²) in [5.41, 5.74) is -0.122. The number of rotatable bonds is 8. The van der Waals surface area contributed by atoms with Gasteiger partial charge in [-0.3, -0.25) is 9.59 Å².